The zero-order chi connectivity index (χ0) is 43.9. The average molecular weight is 861 g/mol. The van der Waals surface area contributed by atoms with Gasteiger partial charge in [-0.25, -0.2) is 9.97 Å². The molecule has 2 aromatic carbocycles. The summed E-state index contributed by atoms with van der Waals surface area (Å²) < 4.78 is 59.0. The first-order chi connectivity index (χ1) is 28.4. The summed E-state index contributed by atoms with van der Waals surface area (Å²) in [6, 6.07) is 16.4. The summed E-state index contributed by atoms with van der Waals surface area (Å²) in [4.78, 5) is 47.7. The van der Waals surface area contributed by atoms with Crippen LogP contribution in [0.4, 0.5) is 5.82 Å². The third-order valence-corrected chi connectivity index (χ3v) is 9.45. The van der Waals surface area contributed by atoms with Gasteiger partial charge in [0.2, 0.25) is 5.75 Å². The van der Waals surface area contributed by atoms with E-state index in [4.69, 9.17) is 44.5 Å². The number of nitrogens with one attached hydrogen (secondary N) is 1. The van der Waals surface area contributed by atoms with Crippen molar-refractivity contribution in [2.24, 2.45) is 0 Å². The maximum Gasteiger partial charge on any atom is 0.306 e. The molecule has 1 atom stereocenters. The summed E-state index contributed by atoms with van der Waals surface area (Å²) in [5.41, 5.74) is 1.56. The molecule has 1 unspecified atom stereocenters. The number of rotatable bonds is 23. The Hall–Kier alpha value is -5.56. The molecule has 4 aromatic rings. The first-order valence-corrected chi connectivity index (χ1v) is 19.8. The van der Waals surface area contributed by atoms with Crippen molar-refractivity contribution in [2.75, 3.05) is 38.3 Å². The Kier molecular flexibility index (Phi) is 17.4. The summed E-state index contributed by atoms with van der Waals surface area (Å²) in [7, 11) is -2.95. The van der Waals surface area contributed by atoms with Crippen molar-refractivity contribution in [3.63, 3.8) is 0 Å². The molecule has 0 radical (unpaired) electrons. The van der Waals surface area contributed by atoms with Gasteiger partial charge in [-0.15, -0.1) is 0 Å². The van der Waals surface area contributed by atoms with E-state index >= 15 is 0 Å². The Morgan fingerprint density at radius 1 is 0.850 bits per heavy atom. The Labute approximate surface area is 345 Å². The quantitative estimate of drug-likeness (QED) is 0.0366. The monoisotopic (exact) mass is 860 g/mol. The number of benzene rings is 2. The third kappa shape index (κ3) is 14.9. The van der Waals surface area contributed by atoms with Crippen molar-refractivity contribution in [2.45, 2.75) is 69.9 Å². The highest BCUT2D eigenvalue weighted by atomic mass is 32.2. The average Bonchev–Trinajstić information content (AvgIpc) is 3.20. The fraction of sp³-hybridized carbons (Fsp3) is 0.395. The van der Waals surface area contributed by atoms with E-state index in [9.17, 15) is 18.0 Å². The largest absolute Gasteiger partial charge is 0.497 e. The van der Waals surface area contributed by atoms with Crippen LogP contribution in [0.25, 0.3) is 11.4 Å². The number of anilines is 1. The van der Waals surface area contributed by atoms with Gasteiger partial charge in [-0.1, -0.05) is 45.0 Å². The van der Waals surface area contributed by atoms with Crippen LogP contribution in [0.5, 0.6) is 23.1 Å². The minimum absolute atomic E-state index is 0.000606. The van der Waals surface area contributed by atoms with Crippen LogP contribution < -0.4 is 18.9 Å². The number of sulfonamides is 1. The van der Waals surface area contributed by atoms with E-state index in [1.165, 1.54) is 19.4 Å². The Balaban J connectivity index is 1.75. The number of aryl methyl sites for hydroxylation is 1. The highest BCUT2D eigenvalue weighted by Gasteiger charge is 2.28. The standard InChI is InChI=1S/C38H48N6O15S/c1-25-10-6-7-11-30(25)59-34-36(42-60(51,52)31-19-16-27(22-39-31)38(2,3)4)40-35(26-14-17-28(53-5)18-15-26)41-37(34)55-24-29(58-33(46)13-9-21-57-44(49)50)23-54-32(45)12-8-20-56-43(47)48/h6-7,10-11,14-19,22,29,47-50H,8-9,12-13,20-21,23-24H2,1-5H3,(H,40,41,42). The van der Waals surface area contributed by atoms with Gasteiger partial charge in [-0.05, 0) is 72.7 Å². The maximum atomic E-state index is 14.0. The van der Waals surface area contributed by atoms with E-state index in [-0.39, 0.29) is 78.4 Å². The van der Waals surface area contributed by atoms with E-state index < -0.39 is 52.1 Å². The lowest BCUT2D eigenvalue weighted by atomic mass is 9.88. The van der Waals surface area contributed by atoms with Crippen molar-refractivity contribution in [1.82, 2.24) is 25.7 Å². The summed E-state index contributed by atoms with van der Waals surface area (Å²) in [6.45, 7) is 6.09. The SMILES string of the molecule is COc1ccc(-c2nc(NS(=O)(=O)c3ccc(C(C)(C)C)cn3)c(Oc3ccccc3C)c(OCC(COC(=O)CCCON(O)O)OC(=O)CCCON(O)O)n2)cc1. The van der Waals surface area contributed by atoms with E-state index in [2.05, 4.69) is 29.3 Å². The second-order valence-corrected chi connectivity index (χ2v) is 15.5. The summed E-state index contributed by atoms with van der Waals surface area (Å²) >= 11 is 0. The molecule has 2 heterocycles. The van der Waals surface area contributed by atoms with Gasteiger partial charge in [-0.2, -0.15) is 13.4 Å². The van der Waals surface area contributed by atoms with Gasteiger partial charge < -0.3 is 23.7 Å². The minimum atomic E-state index is -4.44. The topological polar surface area (TPSA) is 271 Å². The zero-order valence-electron chi connectivity index (χ0n) is 33.5. The molecule has 60 heavy (non-hydrogen) atoms. The predicted octanol–water partition coefficient (Wildman–Crippen LogP) is 5.16. The lowest BCUT2D eigenvalue weighted by Gasteiger charge is -2.21. The van der Waals surface area contributed by atoms with Crippen LogP contribution in [-0.4, -0.2) is 107 Å². The molecule has 5 N–H and O–H groups in total. The van der Waals surface area contributed by atoms with Crippen LogP contribution in [0.1, 0.15) is 57.6 Å². The first kappa shape index (κ1) is 47.1. The molecule has 0 aliphatic carbocycles. The van der Waals surface area contributed by atoms with E-state index in [1.54, 1.807) is 61.5 Å². The van der Waals surface area contributed by atoms with Gasteiger partial charge >= 0.3 is 11.9 Å². The molecule has 0 bridgehead atoms. The zero-order valence-corrected chi connectivity index (χ0v) is 34.3. The molecule has 0 saturated carbocycles. The van der Waals surface area contributed by atoms with Gasteiger partial charge in [-0.3, -0.25) is 44.8 Å². The number of esters is 2. The van der Waals surface area contributed by atoms with Gasteiger partial charge in [0.05, 0.1) is 31.1 Å². The number of aromatic nitrogens is 3. The van der Waals surface area contributed by atoms with Crippen molar-refractivity contribution in [3.05, 3.63) is 78.0 Å². The van der Waals surface area contributed by atoms with Gasteiger partial charge in [0.1, 0.15) is 24.7 Å². The lowest BCUT2D eigenvalue weighted by molar-refractivity contribution is -0.492. The lowest BCUT2D eigenvalue weighted by Crippen LogP contribution is -2.31. The van der Waals surface area contributed by atoms with Crippen molar-refractivity contribution in [3.8, 4) is 34.5 Å². The van der Waals surface area contributed by atoms with Gasteiger partial charge in [0.15, 0.2) is 22.8 Å². The predicted molar refractivity (Wildman–Crippen MR) is 207 cm³/mol. The highest BCUT2D eigenvalue weighted by molar-refractivity contribution is 7.92. The van der Waals surface area contributed by atoms with Crippen molar-refractivity contribution in [1.29, 1.82) is 0 Å². The second-order valence-electron chi connectivity index (χ2n) is 13.9. The second kappa shape index (κ2) is 22.2. The number of hydrogen-bond acceptors (Lipinski definition) is 20. The van der Waals surface area contributed by atoms with E-state index in [0.29, 0.717) is 16.9 Å². The Morgan fingerprint density at radius 2 is 1.50 bits per heavy atom. The molecule has 0 amide bonds. The third-order valence-electron chi connectivity index (χ3n) is 8.20. The van der Waals surface area contributed by atoms with Gasteiger partial charge in [0.25, 0.3) is 15.9 Å². The van der Waals surface area contributed by atoms with Crippen molar-refractivity contribution < 1.29 is 72.2 Å². The number of carbonyl (C=O) groups is 2. The molecular weight excluding hydrogens is 813 g/mol. The molecule has 21 nitrogen and oxygen atoms in total. The molecule has 4 rings (SSSR count). The highest BCUT2D eigenvalue weighted by Crippen LogP contribution is 2.40. The fourth-order valence-electron chi connectivity index (χ4n) is 5.02. The summed E-state index contributed by atoms with van der Waals surface area (Å²) in [5, 5.41) is 33.6. The maximum absolute atomic E-state index is 14.0. The molecule has 0 aliphatic heterocycles. The van der Waals surface area contributed by atoms with E-state index in [1.807, 2.05) is 20.8 Å². The van der Waals surface area contributed by atoms with Crippen LogP contribution in [0.15, 0.2) is 71.9 Å². The summed E-state index contributed by atoms with van der Waals surface area (Å²) in [6.07, 6.45) is -0.270. The minimum Gasteiger partial charge on any atom is -0.497 e. The summed E-state index contributed by atoms with van der Waals surface area (Å²) in [5.74, 6) is -1.71. The van der Waals surface area contributed by atoms with Crippen LogP contribution in [0.3, 0.4) is 0 Å². The normalized spacial score (nSPS) is 12.2. The Bertz CT molecular complexity index is 2120. The van der Waals surface area contributed by atoms with E-state index in [0.717, 1.165) is 5.56 Å². The molecule has 0 fully saturated rings. The number of para-hydroxylation sites is 1. The molecule has 326 valence electrons. The molecule has 0 spiro atoms. The van der Waals surface area contributed by atoms with Crippen LogP contribution in [0.2, 0.25) is 0 Å². The number of hydrogen-bond donors (Lipinski definition) is 5. The fourth-order valence-corrected chi connectivity index (χ4v) is 5.95. The number of methoxy groups -OCH3 is 1. The smallest absolute Gasteiger partial charge is 0.306 e. The van der Waals surface area contributed by atoms with Crippen molar-refractivity contribution >= 4 is 27.8 Å². The van der Waals surface area contributed by atoms with Gasteiger partial charge in [0, 0.05) is 24.6 Å². The number of ether oxygens (including phenoxy) is 5. The Morgan fingerprint density at radius 3 is 2.08 bits per heavy atom. The van der Waals surface area contributed by atoms with Crippen LogP contribution >= 0.6 is 0 Å². The molecule has 22 heteroatoms. The van der Waals surface area contributed by atoms with Crippen LogP contribution in [-0.2, 0) is 44.2 Å². The molecule has 0 saturated heterocycles. The number of nitrogens with zero attached hydrogens (tertiary/aromatic N) is 5. The van der Waals surface area contributed by atoms with Crippen LogP contribution in [0, 0.1) is 6.92 Å². The number of pyridine rings is 1. The molecule has 0 aliphatic rings. The molecule has 2 aromatic heterocycles. The molecular formula is C38H48N6O15S. The number of carbonyl (C=O) groups excluding carboxylic acids is 2. The first-order valence-electron chi connectivity index (χ1n) is 18.3.